The summed E-state index contributed by atoms with van der Waals surface area (Å²) >= 11 is 5.63. The molecule has 0 aromatic heterocycles. The molecule has 0 spiro atoms. The van der Waals surface area contributed by atoms with Gasteiger partial charge in [-0.3, -0.25) is 0 Å². The lowest BCUT2D eigenvalue weighted by Gasteiger charge is -2.10. The number of benzene rings is 1. The van der Waals surface area contributed by atoms with Crippen molar-refractivity contribution in [2.45, 2.75) is 22.8 Å². The van der Waals surface area contributed by atoms with E-state index in [-0.39, 0.29) is 15.9 Å². The van der Waals surface area contributed by atoms with Crippen LogP contribution in [-0.4, -0.2) is 20.8 Å². The van der Waals surface area contributed by atoms with Crippen LogP contribution in [0.25, 0.3) is 0 Å². The van der Waals surface area contributed by atoms with Crippen LogP contribution in [0.15, 0.2) is 23.1 Å². The molecular formula is C10H12O3S2. The predicted molar refractivity (Wildman–Crippen MR) is 64.0 cm³/mol. The maximum absolute atomic E-state index is 10.7. The largest absolute Gasteiger partial charge is 0.506 e. The summed E-state index contributed by atoms with van der Waals surface area (Å²) in [5.41, 5.74) is -0.0726. The fourth-order valence-electron chi connectivity index (χ4n) is 1.02. The summed E-state index contributed by atoms with van der Waals surface area (Å²) < 4.78 is 0.0555. The molecule has 5 heteroatoms. The first-order valence-electron chi connectivity index (χ1n) is 4.46. The molecule has 1 rings (SSSR count). The molecule has 82 valence electrons. The van der Waals surface area contributed by atoms with Gasteiger partial charge in [-0.05, 0) is 18.6 Å². The Balaban J connectivity index is 2.99. The summed E-state index contributed by atoms with van der Waals surface area (Å²) in [5, 5.41) is 18.5. The van der Waals surface area contributed by atoms with E-state index in [1.165, 1.54) is 17.8 Å². The second kappa shape index (κ2) is 5.32. The Labute approximate surface area is 97.9 Å². The van der Waals surface area contributed by atoms with Crippen molar-refractivity contribution >= 4 is 30.4 Å². The number of aromatic hydroxyl groups is 1. The lowest BCUT2D eigenvalue weighted by Crippen LogP contribution is -1.98. The molecule has 0 aliphatic heterocycles. The average molecular weight is 244 g/mol. The zero-order chi connectivity index (χ0) is 11.4. The Morgan fingerprint density at radius 3 is 2.80 bits per heavy atom. The van der Waals surface area contributed by atoms with Gasteiger partial charge in [-0.1, -0.05) is 13.0 Å². The molecule has 0 bridgehead atoms. The van der Waals surface area contributed by atoms with E-state index in [4.69, 9.17) is 5.11 Å². The van der Waals surface area contributed by atoms with E-state index < -0.39 is 5.97 Å². The first-order chi connectivity index (χ1) is 7.06. The van der Waals surface area contributed by atoms with Crippen LogP contribution in [0.5, 0.6) is 5.75 Å². The van der Waals surface area contributed by atoms with Crippen LogP contribution < -0.4 is 0 Å². The van der Waals surface area contributed by atoms with E-state index in [1.807, 2.05) is 6.92 Å². The zero-order valence-corrected chi connectivity index (χ0v) is 9.89. The highest BCUT2D eigenvalue weighted by Gasteiger charge is 2.14. The highest BCUT2D eigenvalue weighted by Crippen LogP contribution is 2.36. The Morgan fingerprint density at radius 2 is 2.27 bits per heavy atom. The van der Waals surface area contributed by atoms with Gasteiger partial charge >= 0.3 is 5.97 Å². The molecule has 15 heavy (non-hydrogen) atoms. The van der Waals surface area contributed by atoms with Crippen LogP contribution in [0.2, 0.25) is 0 Å². The molecule has 1 aromatic rings. The summed E-state index contributed by atoms with van der Waals surface area (Å²) in [6.45, 7) is 1.97. The highest BCUT2D eigenvalue weighted by molar-refractivity contribution is 8.10. The van der Waals surface area contributed by atoms with Crippen molar-refractivity contribution < 1.29 is 15.0 Å². The summed E-state index contributed by atoms with van der Waals surface area (Å²) in [7, 11) is 0. The maximum atomic E-state index is 10.7. The monoisotopic (exact) mass is 244 g/mol. The quantitative estimate of drug-likeness (QED) is 0.433. The van der Waals surface area contributed by atoms with Crippen molar-refractivity contribution in [2.75, 3.05) is 0 Å². The summed E-state index contributed by atoms with van der Waals surface area (Å²) in [6, 6.07) is 4.67. The zero-order valence-electron chi connectivity index (χ0n) is 8.17. The van der Waals surface area contributed by atoms with Crippen LogP contribution in [0.4, 0.5) is 0 Å². The third-order valence-corrected chi connectivity index (χ3v) is 3.71. The van der Waals surface area contributed by atoms with Gasteiger partial charge < -0.3 is 10.2 Å². The van der Waals surface area contributed by atoms with E-state index in [2.05, 4.69) is 12.6 Å². The van der Waals surface area contributed by atoms with E-state index in [1.54, 1.807) is 12.1 Å². The molecule has 3 nitrogen and oxygen atoms in total. The second-order valence-corrected chi connectivity index (χ2v) is 5.16. The van der Waals surface area contributed by atoms with Crippen LogP contribution in [-0.2, 0) is 0 Å². The highest BCUT2D eigenvalue weighted by atomic mass is 32.2. The SMILES string of the molecule is CCC(S)Sc1cccc(C(=O)O)c1O. The first-order valence-corrected chi connectivity index (χ1v) is 5.85. The smallest absolute Gasteiger partial charge is 0.339 e. The van der Waals surface area contributed by atoms with Crippen LogP contribution >= 0.6 is 24.4 Å². The minimum Gasteiger partial charge on any atom is -0.506 e. The van der Waals surface area contributed by atoms with Gasteiger partial charge in [0.25, 0.3) is 0 Å². The van der Waals surface area contributed by atoms with Gasteiger partial charge in [0, 0.05) is 0 Å². The summed E-state index contributed by atoms with van der Waals surface area (Å²) in [5.74, 6) is -1.30. The van der Waals surface area contributed by atoms with Crippen LogP contribution in [0.3, 0.4) is 0 Å². The number of carbonyl (C=O) groups is 1. The Morgan fingerprint density at radius 1 is 1.60 bits per heavy atom. The van der Waals surface area contributed by atoms with E-state index in [0.29, 0.717) is 4.90 Å². The number of thioether (sulfide) groups is 1. The van der Waals surface area contributed by atoms with Crippen molar-refractivity contribution in [1.29, 1.82) is 0 Å². The van der Waals surface area contributed by atoms with Gasteiger partial charge in [-0.25, -0.2) is 4.79 Å². The summed E-state index contributed by atoms with van der Waals surface area (Å²) in [4.78, 5) is 11.3. The number of carboxylic acid groups (broad SMARTS) is 1. The normalized spacial score (nSPS) is 12.4. The van der Waals surface area contributed by atoms with E-state index >= 15 is 0 Å². The van der Waals surface area contributed by atoms with Crippen molar-refractivity contribution in [3.63, 3.8) is 0 Å². The second-order valence-electron chi connectivity index (χ2n) is 2.94. The number of aromatic carboxylic acids is 1. The minimum absolute atomic E-state index is 0.0555. The molecule has 0 heterocycles. The third kappa shape index (κ3) is 3.07. The average Bonchev–Trinajstić information content (AvgIpc) is 2.20. The molecule has 0 aliphatic rings. The fourth-order valence-corrected chi connectivity index (χ4v) is 2.20. The number of para-hydroxylation sites is 1. The van der Waals surface area contributed by atoms with Gasteiger partial charge in [0.15, 0.2) is 0 Å². The van der Waals surface area contributed by atoms with Gasteiger partial charge in [-0.15, -0.1) is 11.8 Å². The number of thiol groups is 1. The van der Waals surface area contributed by atoms with Gasteiger partial charge in [0.05, 0.1) is 9.48 Å². The Kier molecular flexibility index (Phi) is 4.35. The van der Waals surface area contributed by atoms with Crippen molar-refractivity contribution in [2.24, 2.45) is 0 Å². The molecule has 0 amide bonds. The van der Waals surface area contributed by atoms with Gasteiger partial charge in [0.2, 0.25) is 0 Å². The molecule has 0 fully saturated rings. The topological polar surface area (TPSA) is 57.5 Å². The first kappa shape index (κ1) is 12.3. The van der Waals surface area contributed by atoms with Crippen molar-refractivity contribution in [3.8, 4) is 5.75 Å². The predicted octanol–water partition coefficient (Wildman–Crippen LogP) is 2.85. The molecule has 0 radical (unpaired) electrons. The van der Waals surface area contributed by atoms with Crippen LogP contribution in [0.1, 0.15) is 23.7 Å². The molecular weight excluding hydrogens is 232 g/mol. The lowest BCUT2D eigenvalue weighted by atomic mass is 10.2. The molecule has 1 atom stereocenters. The standard InChI is InChI=1S/C10H12O3S2/c1-2-8(14)15-7-5-3-4-6(9(7)11)10(12)13/h3-5,8,11,14H,2H2,1H3,(H,12,13). The number of carboxylic acids is 1. The molecule has 1 unspecified atom stereocenters. The molecule has 2 N–H and O–H groups in total. The number of phenols is 1. The Hall–Kier alpha value is -0.810. The van der Waals surface area contributed by atoms with Crippen molar-refractivity contribution in [3.05, 3.63) is 23.8 Å². The Bertz CT molecular complexity index is 366. The van der Waals surface area contributed by atoms with E-state index in [9.17, 15) is 9.90 Å². The van der Waals surface area contributed by atoms with Gasteiger partial charge in [0.1, 0.15) is 11.3 Å². The summed E-state index contributed by atoms with van der Waals surface area (Å²) in [6.07, 6.45) is 0.838. The van der Waals surface area contributed by atoms with Gasteiger partial charge in [-0.2, -0.15) is 12.6 Å². The molecule has 0 aliphatic carbocycles. The number of hydrogen-bond donors (Lipinski definition) is 3. The number of hydrogen-bond acceptors (Lipinski definition) is 4. The van der Waals surface area contributed by atoms with Crippen LogP contribution in [0, 0.1) is 0 Å². The fraction of sp³-hybridized carbons (Fsp3) is 0.300. The number of rotatable bonds is 4. The minimum atomic E-state index is -1.12. The molecule has 0 saturated carbocycles. The van der Waals surface area contributed by atoms with Crippen molar-refractivity contribution in [1.82, 2.24) is 0 Å². The van der Waals surface area contributed by atoms with E-state index in [0.717, 1.165) is 6.42 Å². The lowest BCUT2D eigenvalue weighted by molar-refractivity contribution is 0.0693. The maximum Gasteiger partial charge on any atom is 0.339 e. The third-order valence-electron chi connectivity index (χ3n) is 1.84. The molecule has 1 aromatic carbocycles. The molecule has 0 saturated heterocycles.